The summed E-state index contributed by atoms with van der Waals surface area (Å²) in [5, 5.41) is 13.2. The average Bonchev–Trinajstić information content (AvgIpc) is 2.49. The topological polar surface area (TPSA) is 46.0 Å². The Morgan fingerprint density at radius 1 is 1.50 bits per heavy atom. The molecule has 4 heteroatoms. The Morgan fingerprint density at radius 3 is 3.08 bits per heavy atom. The molecule has 0 saturated heterocycles. The zero-order chi connectivity index (χ0) is 8.55. The first kappa shape index (κ1) is 7.64. The number of benzene rings is 1. The van der Waals surface area contributed by atoms with Gasteiger partial charge in [0.15, 0.2) is 0 Å². The largest absolute Gasteiger partial charge is 0.389 e. The molecule has 2 aromatic rings. The van der Waals surface area contributed by atoms with Crippen LogP contribution in [0.4, 0.5) is 0 Å². The molecule has 1 aromatic carbocycles. The molecule has 1 atom stereocenters. The van der Waals surface area contributed by atoms with E-state index in [-0.39, 0.29) is 0 Å². The van der Waals surface area contributed by atoms with E-state index in [4.69, 9.17) is 0 Å². The van der Waals surface area contributed by atoms with Crippen LogP contribution in [-0.2, 0) is 0 Å². The van der Waals surface area contributed by atoms with Crippen molar-refractivity contribution in [3.05, 3.63) is 23.8 Å². The number of rotatable bonds is 1. The molecule has 3 nitrogen and oxygen atoms in total. The van der Waals surface area contributed by atoms with Gasteiger partial charge in [-0.2, -0.15) is 0 Å². The lowest BCUT2D eigenvalue weighted by molar-refractivity contribution is 0.199. The number of fused-ring (bicyclic) bond motifs is 1. The number of hydrogen-bond donors (Lipinski definition) is 1. The second-order valence-corrected chi connectivity index (χ2v) is 3.46. The molecule has 0 radical (unpaired) electrons. The quantitative estimate of drug-likeness (QED) is 0.727. The molecule has 0 aliphatic heterocycles. The maximum atomic E-state index is 9.28. The van der Waals surface area contributed by atoms with Crippen LogP contribution < -0.4 is 0 Å². The van der Waals surface area contributed by atoms with Crippen LogP contribution in [0.2, 0.25) is 0 Å². The summed E-state index contributed by atoms with van der Waals surface area (Å²) < 4.78 is 4.83. The zero-order valence-corrected chi connectivity index (χ0v) is 7.38. The van der Waals surface area contributed by atoms with E-state index < -0.39 is 6.10 Å². The summed E-state index contributed by atoms with van der Waals surface area (Å²) in [5.41, 5.74) is 1.80. The van der Waals surface area contributed by atoms with Gasteiger partial charge < -0.3 is 5.11 Å². The lowest BCUT2D eigenvalue weighted by atomic mass is 10.1. The maximum absolute atomic E-state index is 9.28. The normalized spacial score (nSPS) is 13.5. The molecule has 2 rings (SSSR count). The third-order valence-electron chi connectivity index (χ3n) is 1.75. The van der Waals surface area contributed by atoms with Gasteiger partial charge in [0.05, 0.1) is 10.8 Å². The molecule has 62 valence electrons. The molecule has 0 aliphatic rings. The highest BCUT2D eigenvalue weighted by Crippen LogP contribution is 2.20. The van der Waals surface area contributed by atoms with Gasteiger partial charge in [0.25, 0.3) is 0 Å². The molecule has 0 fully saturated rings. The van der Waals surface area contributed by atoms with Crippen LogP contribution in [0.5, 0.6) is 0 Å². The standard InChI is InChI=1S/C8H8N2OS/c1-5(11)6-2-3-7-8(4-6)12-10-9-7/h2-5,11H,1H3. The van der Waals surface area contributed by atoms with Crippen molar-refractivity contribution >= 4 is 21.7 Å². The lowest BCUT2D eigenvalue weighted by Crippen LogP contribution is -1.88. The predicted octanol–water partition coefficient (Wildman–Crippen LogP) is 1.74. The van der Waals surface area contributed by atoms with E-state index in [0.29, 0.717) is 0 Å². The number of aliphatic hydroxyl groups excluding tert-OH is 1. The van der Waals surface area contributed by atoms with Gasteiger partial charge in [0.1, 0.15) is 5.52 Å². The fourth-order valence-corrected chi connectivity index (χ4v) is 1.66. The highest BCUT2D eigenvalue weighted by Gasteiger charge is 2.03. The van der Waals surface area contributed by atoms with Crippen molar-refractivity contribution in [2.45, 2.75) is 13.0 Å². The van der Waals surface area contributed by atoms with Gasteiger partial charge in [0, 0.05) is 0 Å². The molecule has 1 unspecified atom stereocenters. The minimum absolute atomic E-state index is 0.420. The van der Waals surface area contributed by atoms with E-state index >= 15 is 0 Å². The van der Waals surface area contributed by atoms with Gasteiger partial charge in [-0.1, -0.05) is 10.6 Å². The fraction of sp³-hybridized carbons (Fsp3) is 0.250. The zero-order valence-electron chi connectivity index (χ0n) is 6.56. The van der Waals surface area contributed by atoms with Gasteiger partial charge in [0.2, 0.25) is 0 Å². The van der Waals surface area contributed by atoms with Crippen LogP contribution in [0.3, 0.4) is 0 Å². The summed E-state index contributed by atoms with van der Waals surface area (Å²) in [6.45, 7) is 1.75. The number of aromatic nitrogens is 2. The Kier molecular flexibility index (Phi) is 1.78. The minimum atomic E-state index is -0.420. The Labute approximate surface area is 73.8 Å². The van der Waals surface area contributed by atoms with Crippen LogP contribution in [0.1, 0.15) is 18.6 Å². The first-order chi connectivity index (χ1) is 5.77. The molecule has 1 N–H and O–H groups in total. The van der Waals surface area contributed by atoms with Gasteiger partial charge in [-0.3, -0.25) is 0 Å². The van der Waals surface area contributed by atoms with Gasteiger partial charge >= 0.3 is 0 Å². The SMILES string of the molecule is CC(O)c1ccc2nnsc2c1. The first-order valence-corrected chi connectivity index (χ1v) is 4.45. The van der Waals surface area contributed by atoms with Crippen molar-refractivity contribution in [2.75, 3.05) is 0 Å². The van der Waals surface area contributed by atoms with Crippen molar-refractivity contribution in [3.63, 3.8) is 0 Å². The van der Waals surface area contributed by atoms with Crippen LogP contribution in [-0.4, -0.2) is 14.7 Å². The van der Waals surface area contributed by atoms with E-state index in [0.717, 1.165) is 15.8 Å². The Balaban J connectivity index is 2.60. The number of nitrogens with zero attached hydrogens (tertiary/aromatic N) is 2. The molecule has 0 saturated carbocycles. The second-order valence-electron chi connectivity index (χ2n) is 2.68. The smallest absolute Gasteiger partial charge is 0.105 e. The van der Waals surface area contributed by atoms with Crippen molar-refractivity contribution < 1.29 is 5.11 Å². The van der Waals surface area contributed by atoms with E-state index in [9.17, 15) is 5.11 Å². The van der Waals surface area contributed by atoms with Crippen LogP contribution in [0.15, 0.2) is 18.2 Å². The average molecular weight is 180 g/mol. The molecule has 12 heavy (non-hydrogen) atoms. The molecule has 0 aliphatic carbocycles. The van der Waals surface area contributed by atoms with E-state index in [1.54, 1.807) is 6.92 Å². The maximum Gasteiger partial charge on any atom is 0.105 e. The van der Waals surface area contributed by atoms with Crippen molar-refractivity contribution in [2.24, 2.45) is 0 Å². The molecule has 1 heterocycles. The molecule has 0 spiro atoms. The Hall–Kier alpha value is -1.00. The van der Waals surface area contributed by atoms with E-state index in [1.807, 2.05) is 18.2 Å². The van der Waals surface area contributed by atoms with Crippen molar-refractivity contribution in [1.82, 2.24) is 9.59 Å². The van der Waals surface area contributed by atoms with Crippen LogP contribution in [0, 0.1) is 0 Å². The Morgan fingerprint density at radius 2 is 2.33 bits per heavy atom. The first-order valence-electron chi connectivity index (χ1n) is 3.67. The lowest BCUT2D eigenvalue weighted by Gasteiger charge is -2.02. The third-order valence-corrected chi connectivity index (χ3v) is 2.44. The summed E-state index contributed by atoms with van der Waals surface area (Å²) in [4.78, 5) is 0. The number of hydrogen-bond acceptors (Lipinski definition) is 4. The second kappa shape index (κ2) is 2.80. The highest BCUT2D eigenvalue weighted by molar-refractivity contribution is 7.12. The molecule has 1 aromatic heterocycles. The monoisotopic (exact) mass is 180 g/mol. The molecule has 0 amide bonds. The van der Waals surface area contributed by atoms with Gasteiger partial charge in [-0.15, -0.1) is 5.10 Å². The van der Waals surface area contributed by atoms with Crippen LogP contribution in [0.25, 0.3) is 10.2 Å². The highest BCUT2D eigenvalue weighted by atomic mass is 32.1. The van der Waals surface area contributed by atoms with E-state index in [1.165, 1.54) is 11.5 Å². The summed E-state index contributed by atoms with van der Waals surface area (Å²) in [6.07, 6.45) is -0.420. The van der Waals surface area contributed by atoms with Crippen molar-refractivity contribution in [3.8, 4) is 0 Å². The summed E-state index contributed by atoms with van der Waals surface area (Å²) in [7, 11) is 0. The molecule has 0 bridgehead atoms. The van der Waals surface area contributed by atoms with Crippen molar-refractivity contribution in [1.29, 1.82) is 0 Å². The summed E-state index contributed by atoms with van der Waals surface area (Å²) in [5.74, 6) is 0. The number of aliphatic hydroxyl groups is 1. The minimum Gasteiger partial charge on any atom is -0.389 e. The summed E-state index contributed by atoms with van der Waals surface area (Å²) in [6, 6.07) is 5.67. The third kappa shape index (κ3) is 1.19. The predicted molar refractivity (Wildman–Crippen MR) is 48.0 cm³/mol. The molecular weight excluding hydrogens is 172 g/mol. The fourth-order valence-electron chi connectivity index (χ4n) is 1.05. The Bertz CT molecular complexity index is 397. The van der Waals surface area contributed by atoms with Gasteiger partial charge in [-0.05, 0) is 36.2 Å². The summed E-state index contributed by atoms with van der Waals surface area (Å²) >= 11 is 1.35. The molecular formula is C8H8N2OS. The van der Waals surface area contributed by atoms with Crippen LogP contribution >= 0.6 is 11.5 Å². The van der Waals surface area contributed by atoms with E-state index in [2.05, 4.69) is 9.59 Å². The van der Waals surface area contributed by atoms with Gasteiger partial charge in [-0.25, -0.2) is 0 Å².